The van der Waals surface area contributed by atoms with Gasteiger partial charge in [0, 0.05) is 30.7 Å². The van der Waals surface area contributed by atoms with Crippen molar-refractivity contribution in [2.75, 3.05) is 6.54 Å². The van der Waals surface area contributed by atoms with Crippen molar-refractivity contribution in [1.29, 1.82) is 0 Å². The van der Waals surface area contributed by atoms with Gasteiger partial charge in [-0.25, -0.2) is 0 Å². The normalized spacial score (nSPS) is 22.6. The number of nitrogens with two attached hydrogens (primary N) is 1. The smallest absolute Gasteiger partial charge is 0.287 e. The molecule has 2 unspecified atom stereocenters. The standard InChI is InChI=1S/C14H22N4O3/c1-9(2)17-8-12(18(20)21)7-13(17)14(19)16-5-4-11(15)6-10(16)3/h7-11H,4-6,15H2,1-3H3. The van der Waals surface area contributed by atoms with Crippen LogP contribution in [0.4, 0.5) is 5.69 Å². The predicted molar refractivity (Wildman–Crippen MR) is 79.2 cm³/mol. The molecule has 0 spiro atoms. The van der Waals surface area contributed by atoms with E-state index in [1.807, 2.05) is 20.8 Å². The summed E-state index contributed by atoms with van der Waals surface area (Å²) in [5.41, 5.74) is 6.24. The molecule has 0 radical (unpaired) electrons. The summed E-state index contributed by atoms with van der Waals surface area (Å²) in [5, 5.41) is 10.9. The molecule has 7 nitrogen and oxygen atoms in total. The van der Waals surface area contributed by atoms with Crippen molar-refractivity contribution in [3.8, 4) is 0 Å². The fraction of sp³-hybridized carbons (Fsp3) is 0.643. The molecule has 0 saturated carbocycles. The quantitative estimate of drug-likeness (QED) is 0.680. The van der Waals surface area contributed by atoms with Crippen molar-refractivity contribution < 1.29 is 9.72 Å². The maximum Gasteiger partial charge on any atom is 0.287 e. The number of carbonyl (C=O) groups is 1. The minimum atomic E-state index is -0.467. The van der Waals surface area contributed by atoms with E-state index < -0.39 is 4.92 Å². The zero-order valence-electron chi connectivity index (χ0n) is 12.7. The molecule has 2 rings (SSSR count). The molecule has 116 valence electrons. The van der Waals surface area contributed by atoms with Gasteiger partial charge in [-0.2, -0.15) is 0 Å². The molecule has 21 heavy (non-hydrogen) atoms. The Bertz CT molecular complexity index is 552. The highest BCUT2D eigenvalue weighted by atomic mass is 16.6. The molecule has 2 N–H and O–H groups in total. The second-order valence-electron chi connectivity index (χ2n) is 5.97. The number of hydrogen-bond acceptors (Lipinski definition) is 4. The predicted octanol–water partition coefficient (Wildman–Crippen LogP) is 1.93. The first-order valence-corrected chi connectivity index (χ1v) is 7.24. The van der Waals surface area contributed by atoms with Crippen LogP contribution in [0.15, 0.2) is 12.3 Å². The number of amides is 1. The number of aromatic nitrogens is 1. The molecule has 0 aromatic carbocycles. The van der Waals surface area contributed by atoms with Crippen molar-refractivity contribution in [2.45, 2.75) is 51.7 Å². The van der Waals surface area contributed by atoms with E-state index in [4.69, 9.17) is 5.73 Å². The Morgan fingerprint density at radius 1 is 1.52 bits per heavy atom. The Balaban J connectivity index is 2.32. The zero-order valence-corrected chi connectivity index (χ0v) is 12.7. The highest BCUT2D eigenvalue weighted by Gasteiger charge is 2.31. The van der Waals surface area contributed by atoms with Gasteiger partial charge in [-0.15, -0.1) is 0 Å². The van der Waals surface area contributed by atoms with Crippen molar-refractivity contribution in [3.05, 3.63) is 28.1 Å². The summed E-state index contributed by atoms with van der Waals surface area (Å²) in [5.74, 6) is -0.156. The van der Waals surface area contributed by atoms with Crippen LogP contribution in [0, 0.1) is 10.1 Å². The lowest BCUT2D eigenvalue weighted by Crippen LogP contribution is -2.48. The van der Waals surface area contributed by atoms with Crippen LogP contribution in [-0.2, 0) is 0 Å². The van der Waals surface area contributed by atoms with Crippen LogP contribution in [0.3, 0.4) is 0 Å². The Morgan fingerprint density at radius 2 is 2.19 bits per heavy atom. The molecule has 1 fully saturated rings. The summed E-state index contributed by atoms with van der Waals surface area (Å²) in [6.45, 7) is 6.36. The van der Waals surface area contributed by atoms with Gasteiger partial charge >= 0.3 is 0 Å². The number of rotatable bonds is 3. The molecule has 1 aromatic heterocycles. The third kappa shape index (κ3) is 3.07. The fourth-order valence-electron chi connectivity index (χ4n) is 2.82. The molecule has 1 amide bonds. The topological polar surface area (TPSA) is 94.4 Å². The van der Waals surface area contributed by atoms with Crippen LogP contribution in [0.5, 0.6) is 0 Å². The van der Waals surface area contributed by atoms with E-state index in [0.29, 0.717) is 12.2 Å². The van der Waals surface area contributed by atoms with E-state index in [1.54, 1.807) is 9.47 Å². The van der Waals surface area contributed by atoms with Gasteiger partial charge in [0.25, 0.3) is 11.6 Å². The third-order valence-corrected chi connectivity index (χ3v) is 4.00. The molecule has 2 atom stereocenters. The highest BCUT2D eigenvalue weighted by molar-refractivity contribution is 5.94. The van der Waals surface area contributed by atoms with E-state index in [2.05, 4.69) is 0 Å². The molecule has 1 aromatic rings. The number of carbonyl (C=O) groups excluding carboxylic acids is 1. The second kappa shape index (κ2) is 5.85. The number of nitrogens with zero attached hydrogens (tertiary/aromatic N) is 3. The first-order valence-electron chi connectivity index (χ1n) is 7.24. The van der Waals surface area contributed by atoms with E-state index in [9.17, 15) is 14.9 Å². The number of likely N-dealkylation sites (tertiary alicyclic amines) is 1. The fourth-order valence-corrected chi connectivity index (χ4v) is 2.82. The molecule has 1 aliphatic rings. The summed E-state index contributed by atoms with van der Waals surface area (Å²) in [7, 11) is 0. The lowest BCUT2D eigenvalue weighted by atomic mass is 9.99. The van der Waals surface area contributed by atoms with Crippen molar-refractivity contribution in [2.24, 2.45) is 5.73 Å². The van der Waals surface area contributed by atoms with Gasteiger partial charge in [0.05, 0.1) is 11.1 Å². The molecular formula is C14H22N4O3. The van der Waals surface area contributed by atoms with Gasteiger partial charge in [0.1, 0.15) is 5.69 Å². The highest BCUT2D eigenvalue weighted by Crippen LogP contribution is 2.25. The first kappa shape index (κ1) is 15.5. The SMILES string of the molecule is CC1CC(N)CCN1C(=O)c1cc([N+](=O)[O-])cn1C(C)C. The molecule has 1 aliphatic heterocycles. The third-order valence-electron chi connectivity index (χ3n) is 4.00. The number of hydrogen-bond donors (Lipinski definition) is 1. The summed E-state index contributed by atoms with van der Waals surface area (Å²) in [6.07, 6.45) is 2.95. The van der Waals surface area contributed by atoms with E-state index in [-0.39, 0.29) is 29.7 Å². The van der Waals surface area contributed by atoms with Gasteiger partial charge < -0.3 is 15.2 Å². The number of nitro groups is 1. The lowest BCUT2D eigenvalue weighted by Gasteiger charge is -2.36. The molecular weight excluding hydrogens is 272 g/mol. The summed E-state index contributed by atoms with van der Waals surface area (Å²) < 4.78 is 1.67. The van der Waals surface area contributed by atoms with Crippen LogP contribution < -0.4 is 5.73 Å². The van der Waals surface area contributed by atoms with Crippen molar-refractivity contribution >= 4 is 11.6 Å². The Morgan fingerprint density at radius 3 is 2.71 bits per heavy atom. The average molecular weight is 294 g/mol. The molecule has 1 saturated heterocycles. The Labute approximate surface area is 123 Å². The summed E-state index contributed by atoms with van der Waals surface area (Å²) in [4.78, 5) is 25.0. The van der Waals surface area contributed by atoms with Crippen LogP contribution in [0.25, 0.3) is 0 Å². The molecule has 2 heterocycles. The van der Waals surface area contributed by atoms with Crippen LogP contribution in [-0.4, -0.2) is 38.9 Å². The van der Waals surface area contributed by atoms with E-state index in [0.717, 1.165) is 12.8 Å². The van der Waals surface area contributed by atoms with Crippen LogP contribution in [0.1, 0.15) is 50.1 Å². The van der Waals surface area contributed by atoms with Gasteiger partial charge in [-0.05, 0) is 33.6 Å². The van der Waals surface area contributed by atoms with Crippen molar-refractivity contribution in [1.82, 2.24) is 9.47 Å². The average Bonchev–Trinajstić information content (AvgIpc) is 2.83. The van der Waals surface area contributed by atoms with Crippen LogP contribution in [0.2, 0.25) is 0 Å². The van der Waals surface area contributed by atoms with Gasteiger partial charge in [-0.1, -0.05) is 0 Å². The van der Waals surface area contributed by atoms with Gasteiger partial charge in [0.2, 0.25) is 0 Å². The first-order chi connectivity index (χ1) is 9.81. The largest absolute Gasteiger partial charge is 0.335 e. The van der Waals surface area contributed by atoms with E-state index >= 15 is 0 Å². The Kier molecular flexibility index (Phi) is 4.32. The molecule has 0 bridgehead atoms. The maximum absolute atomic E-state index is 12.7. The lowest BCUT2D eigenvalue weighted by molar-refractivity contribution is -0.384. The maximum atomic E-state index is 12.7. The molecule has 7 heteroatoms. The van der Waals surface area contributed by atoms with Gasteiger partial charge in [-0.3, -0.25) is 14.9 Å². The minimum Gasteiger partial charge on any atom is -0.335 e. The minimum absolute atomic E-state index is 0.0139. The molecule has 0 aliphatic carbocycles. The Hall–Kier alpha value is -1.89. The summed E-state index contributed by atoms with van der Waals surface area (Å²) in [6, 6.07) is 1.52. The monoisotopic (exact) mass is 294 g/mol. The summed E-state index contributed by atoms with van der Waals surface area (Å²) >= 11 is 0. The van der Waals surface area contributed by atoms with Gasteiger partial charge in [0.15, 0.2) is 0 Å². The second-order valence-corrected chi connectivity index (χ2v) is 5.97. The van der Waals surface area contributed by atoms with Crippen LogP contribution >= 0.6 is 0 Å². The zero-order chi connectivity index (χ0) is 15.7. The number of piperidine rings is 1. The van der Waals surface area contributed by atoms with Crippen molar-refractivity contribution in [3.63, 3.8) is 0 Å². The van der Waals surface area contributed by atoms with E-state index in [1.165, 1.54) is 12.3 Å².